The Morgan fingerprint density at radius 2 is 1.85 bits per heavy atom. The van der Waals surface area contributed by atoms with Gasteiger partial charge in [0.05, 0.1) is 10.7 Å². The summed E-state index contributed by atoms with van der Waals surface area (Å²) in [5.74, 6) is 0.809. The molecule has 0 saturated carbocycles. The number of amides is 1. The number of halogens is 1. The quantitative estimate of drug-likeness (QED) is 0.311. The van der Waals surface area contributed by atoms with Gasteiger partial charge in [-0.2, -0.15) is 0 Å². The molecule has 1 N–H and O–H groups in total. The van der Waals surface area contributed by atoms with E-state index in [1.54, 1.807) is 12.1 Å². The predicted molar refractivity (Wildman–Crippen MR) is 132 cm³/mol. The molecule has 33 heavy (non-hydrogen) atoms. The highest BCUT2D eigenvalue weighted by molar-refractivity contribution is 6.33. The number of aromatic nitrogens is 1. The maximum absolute atomic E-state index is 12.6. The predicted octanol–water partition coefficient (Wildman–Crippen LogP) is 6.94. The van der Waals surface area contributed by atoms with Crippen LogP contribution in [-0.4, -0.2) is 17.5 Å². The number of carbonyl (C=O) groups is 1. The van der Waals surface area contributed by atoms with Gasteiger partial charge in [-0.1, -0.05) is 54.1 Å². The van der Waals surface area contributed by atoms with Crippen molar-refractivity contribution in [1.29, 1.82) is 0 Å². The molecule has 164 valence electrons. The van der Waals surface area contributed by atoms with Crippen molar-refractivity contribution in [3.05, 3.63) is 88.9 Å². The van der Waals surface area contributed by atoms with E-state index in [9.17, 15) is 4.79 Å². The van der Waals surface area contributed by atoms with Gasteiger partial charge < -0.3 is 14.5 Å². The zero-order valence-corrected chi connectivity index (χ0v) is 18.9. The fraction of sp³-hybridized carbons (Fsp3) is 0.111. The van der Waals surface area contributed by atoms with Crippen LogP contribution in [0.4, 0.5) is 5.69 Å². The van der Waals surface area contributed by atoms with Crippen molar-refractivity contribution in [3.63, 3.8) is 0 Å². The Morgan fingerprint density at radius 1 is 1.03 bits per heavy atom. The standard InChI is InChI=1S/C27H21ClN2O3/c1-16-12-17(2)26-23(13-16)30-27(33-26)19-10-11-21(28)22(14-19)29-25(31)15-32-24-9-5-7-18-6-3-4-8-20(18)24/h3-14H,15H2,1-2H3,(H,29,31). The fourth-order valence-electron chi connectivity index (χ4n) is 3.91. The van der Waals surface area contributed by atoms with Gasteiger partial charge in [0.25, 0.3) is 5.91 Å². The zero-order valence-electron chi connectivity index (χ0n) is 18.2. The van der Waals surface area contributed by atoms with E-state index in [-0.39, 0.29) is 12.5 Å². The fourth-order valence-corrected chi connectivity index (χ4v) is 4.07. The van der Waals surface area contributed by atoms with E-state index in [2.05, 4.69) is 16.4 Å². The first-order valence-corrected chi connectivity index (χ1v) is 10.9. The van der Waals surface area contributed by atoms with Crippen molar-refractivity contribution in [2.24, 2.45) is 0 Å². The number of rotatable bonds is 5. The third-order valence-electron chi connectivity index (χ3n) is 5.42. The highest BCUT2D eigenvalue weighted by Crippen LogP contribution is 2.32. The topological polar surface area (TPSA) is 64.4 Å². The number of hydrogen-bond acceptors (Lipinski definition) is 4. The second-order valence-corrected chi connectivity index (χ2v) is 8.37. The van der Waals surface area contributed by atoms with Crippen molar-refractivity contribution < 1.29 is 13.9 Å². The minimum atomic E-state index is -0.314. The van der Waals surface area contributed by atoms with Gasteiger partial charge in [-0.3, -0.25) is 4.79 Å². The smallest absolute Gasteiger partial charge is 0.262 e. The van der Waals surface area contributed by atoms with Gasteiger partial charge in [0, 0.05) is 10.9 Å². The van der Waals surface area contributed by atoms with E-state index in [1.165, 1.54) is 0 Å². The van der Waals surface area contributed by atoms with E-state index in [4.69, 9.17) is 20.8 Å². The summed E-state index contributed by atoms with van der Waals surface area (Å²) in [7, 11) is 0. The molecule has 1 amide bonds. The van der Waals surface area contributed by atoms with Crippen molar-refractivity contribution in [2.45, 2.75) is 13.8 Å². The largest absolute Gasteiger partial charge is 0.483 e. The van der Waals surface area contributed by atoms with Crippen LogP contribution < -0.4 is 10.1 Å². The molecule has 0 fully saturated rings. The summed E-state index contributed by atoms with van der Waals surface area (Å²) in [6.45, 7) is 3.88. The molecule has 0 atom stereocenters. The van der Waals surface area contributed by atoms with E-state index >= 15 is 0 Å². The van der Waals surface area contributed by atoms with Crippen LogP contribution in [0.2, 0.25) is 5.02 Å². The van der Waals surface area contributed by atoms with Crippen molar-refractivity contribution in [3.8, 4) is 17.2 Å². The highest BCUT2D eigenvalue weighted by Gasteiger charge is 2.14. The van der Waals surface area contributed by atoms with Gasteiger partial charge in [0.1, 0.15) is 11.3 Å². The van der Waals surface area contributed by atoms with Gasteiger partial charge in [-0.05, 0) is 60.7 Å². The van der Waals surface area contributed by atoms with Crippen LogP contribution in [0.5, 0.6) is 5.75 Å². The number of carbonyl (C=O) groups excluding carboxylic acids is 1. The van der Waals surface area contributed by atoms with Crippen LogP contribution in [-0.2, 0) is 4.79 Å². The summed E-state index contributed by atoms with van der Waals surface area (Å²) < 4.78 is 11.8. The molecule has 5 rings (SSSR count). The monoisotopic (exact) mass is 456 g/mol. The molecule has 0 aliphatic carbocycles. The minimum absolute atomic E-state index is 0.143. The molecule has 5 nitrogen and oxygen atoms in total. The lowest BCUT2D eigenvalue weighted by atomic mass is 10.1. The molecule has 0 spiro atoms. The number of fused-ring (bicyclic) bond motifs is 2. The second kappa shape index (κ2) is 8.60. The Bertz CT molecular complexity index is 1500. The third kappa shape index (κ3) is 4.28. The Hall–Kier alpha value is -3.83. The minimum Gasteiger partial charge on any atom is -0.483 e. The molecule has 1 heterocycles. The number of oxazole rings is 1. The molecule has 0 radical (unpaired) electrons. The van der Waals surface area contributed by atoms with Crippen molar-refractivity contribution in [2.75, 3.05) is 11.9 Å². The number of nitrogens with zero attached hydrogens (tertiary/aromatic N) is 1. The lowest BCUT2D eigenvalue weighted by Crippen LogP contribution is -2.20. The third-order valence-corrected chi connectivity index (χ3v) is 5.75. The number of ether oxygens (including phenoxy) is 1. The average molecular weight is 457 g/mol. The van der Waals surface area contributed by atoms with Crippen LogP contribution in [0.1, 0.15) is 11.1 Å². The van der Waals surface area contributed by atoms with Gasteiger partial charge in [-0.15, -0.1) is 0 Å². The second-order valence-electron chi connectivity index (χ2n) is 7.96. The SMILES string of the molecule is Cc1cc(C)c2oc(-c3ccc(Cl)c(NC(=O)COc4cccc5ccccc45)c3)nc2c1. The first-order valence-electron chi connectivity index (χ1n) is 10.6. The van der Waals surface area contributed by atoms with Crippen LogP contribution in [0, 0.1) is 13.8 Å². The first kappa shape index (κ1) is 21.0. The number of nitrogens with one attached hydrogen (secondary N) is 1. The Kier molecular flexibility index (Phi) is 5.48. The number of benzene rings is 4. The van der Waals surface area contributed by atoms with Crippen LogP contribution in [0.25, 0.3) is 33.3 Å². The molecule has 0 saturated heterocycles. The molecule has 0 aliphatic heterocycles. The number of hydrogen-bond donors (Lipinski definition) is 1. The van der Waals surface area contributed by atoms with E-state index in [1.807, 2.05) is 68.4 Å². The lowest BCUT2D eigenvalue weighted by Gasteiger charge is -2.11. The molecule has 5 aromatic rings. The first-order chi connectivity index (χ1) is 16.0. The molecule has 0 bridgehead atoms. The number of aryl methyl sites for hydroxylation is 2. The molecular weight excluding hydrogens is 436 g/mol. The molecule has 0 unspecified atom stereocenters. The summed E-state index contributed by atoms with van der Waals surface area (Å²) in [5.41, 5.74) is 4.88. The molecular formula is C27H21ClN2O3. The maximum atomic E-state index is 12.6. The van der Waals surface area contributed by atoms with E-state index < -0.39 is 0 Å². The van der Waals surface area contributed by atoms with Crippen LogP contribution in [0.15, 0.2) is 77.2 Å². The highest BCUT2D eigenvalue weighted by atomic mass is 35.5. The molecule has 4 aromatic carbocycles. The normalized spacial score (nSPS) is 11.1. The van der Waals surface area contributed by atoms with Crippen molar-refractivity contribution >= 4 is 45.1 Å². The summed E-state index contributed by atoms with van der Waals surface area (Å²) in [6, 6.07) is 23.0. The maximum Gasteiger partial charge on any atom is 0.262 e. The van der Waals surface area contributed by atoms with Gasteiger partial charge >= 0.3 is 0 Å². The summed E-state index contributed by atoms with van der Waals surface area (Å²) in [6.07, 6.45) is 0. The molecule has 0 aliphatic rings. The van der Waals surface area contributed by atoms with Gasteiger partial charge in [-0.25, -0.2) is 4.98 Å². The Balaban J connectivity index is 1.35. The Labute approximate surface area is 196 Å². The molecule has 1 aromatic heterocycles. The summed E-state index contributed by atoms with van der Waals surface area (Å²) >= 11 is 6.34. The number of anilines is 1. The van der Waals surface area contributed by atoms with Gasteiger partial charge in [0.2, 0.25) is 5.89 Å². The Morgan fingerprint density at radius 3 is 2.73 bits per heavy atom. The molecule has 6 heteroatoms. The average Bonchev–Trinajstić information content (AvgIpc) is 3.23. The summed E-state index contributed by atoms with van der Waals surface area (Å²) in [5, 5.41) is 5.25. The van der Waals surface area contributed by atoms with Crippen LogP contribution in [0.3, 0.4) is 0 Å². The lowest BCUT2D eigenvalue weighted by molar-refractivity contribution is -0.118. The van der Waals surface area contributed by atoms with Crippen LogP contribution >= 0.6 is 11.6 Å². The van der Waals surface area contributed by atoms with Crippen molar-refractivity contribution in [1.82, 2.24) is 4.98 Å². The van der Waals surface area contributed by atoms with E-state index in [0.29, 0.717) is 22.4 Å². The summed E-state index contributed by atoms with van der Waals surface area (Å²) in [4.78, 5) is 17.2. The zero-order chi connectivity index (χ0) is 22.9. The van der Waals surface area contributed by atoms with Gasteiger partial charge in [0.15, 0.2) is 12.2 Å². The van der Waals surface area contributed by atoms with E-state index in [0.717, 1.165) is 38.6 Å².